The van der Waals surface area contributed by atoms with E-state index in [-0.39, 0.29) is 22.6 Å². The van der Waals surface area contributed by atoms with Gasteiger partial charge in [-0.2, -0.15) is 0 Å². The molecule has 0 unspecified atom stereocenters. The molecule has 1 aliphatic heterocycles. The number of para-hydroxylation sites is 1. The van der Waals surface area contributed by atoms with Gasteiger partial charge in [-0.3, -0.25) is 19.2 Å². The summed E-state index contributed by atoms with van der Waals surface area (Å²) in [5, 5.41) is 23.5. The lowest BCUT2D eigenvalue weighted by Crippen LogP contribution is -2.37. The van der Waals surface area contributed by atoms with Crippen molar-refractivity contribution in [1.29, 1.82) is 0 Å². The molecule has 1 aliphatic rings. The lowest BCUT2D eigenvalue weighted by molar-refractivity contribution is -0.384. The Morgan fingerprint density at radius 1 is 1.19 bits per heavy atom. The maximum atomic E-state index is 12.6. The molecule has 26 heavy (non-hydrogen) atoms. The van der Waals surface area contributed by atoms with Crippen molar-refractivity contribution in [2.75, 3.05) is 16.7 Å². The maximum Gasteiger partial charge on any atom is 0.273 e. The van der Waals surface area contributed by atoms with Gasteiger partial charge in [-0.15, -0.1) is 0 Å². The Hall–Kier alpha value is -3.40. The van der Waals surface area contributed by atoms with Crippen molar-refractivity contribution in [2.45, 2.75) is 0 Å². The molecule has 2 N–H and O–H groups in total. The normalized spacial score (nSPS) is 15.3. The monoisotopic (exact) mass is 375 g/mol. The summed E-state index contributed by atoms with van der Waals surface area (Å²) in [6, 6.07) is 11.2. The summed E-state index contributed by atoms with van der Waals surface area (Å²) in [4.78, 5) is 21.9. The molecule has 1 heterocycles. The fourth-order valence-corrected chi connectivity index (χ4v) is 3.90. The van der Waals surface area contributed by atoms with Gasteiger partial charge in [0, 0.05) is 30.4 Å². The van der Waals surface area contributed by atoms with Crippen LogP contribution in [0.3, 0.4) is 0 Å². The predicted molar refractivity (Wildman–Crippen MR) is 95.0 cm³/mol. The zero-order valence-electron chi connectivity index (χ0n) is 13.4. The van der Waals surface area contributed by atoms with Gasteiger partial charge < -0.3 is 10.4 Å². The zero-order chi connectivity index (χ0) is 19.1. The van der Waals surface area contributed by atoms with Crippen LogP contribution in [0.5, 0.6) is 0 Å². The van der Waals surface area contributed by atoms with Gasteiger partial charge in [0.1, 0.15) is 0 Å². The van der Waals surface area contributed by atoms with Crippen molar-refractivity contribution in [3.63, 3.8) is 0 Å². The standard InChI is InChI=1S/C16H13N3O6S/c1-18-13-8-3-2-7-12(13)14(20)15(26(18,24)25)16(21)17-10-5-4-6-11(9-10)19(22)23/h2-9,20H,1H3,(H,17,21). The maximum absolute atomic E-state index is 12.6. The van der Waals surface area contributed by atoms with E-state index in [1.165, 1.54) is 37.4 Å². The quantitative estimate of drug-likeness (QED) is 0.625. The number of nitrogens with one attached hydrogen (secondary N) is 1. The number of anilines is 2. The van der Waals surface area contributed by atoms with Crippen LogP contribution < -0.4 is 9.62 Å². The van der Waals surface area contributed by atoms with Crippen molar-refractivity contribution >= 4 is 38.8 Å². The number of aliphatic hydroxyl groups excluding tert-OH is 1. The Labute approximate surface area is 148 Å². The Morgan fingerprint density at radius 2 is 1.88 bits per heavy atom. The molecule has 0 atom stereocenters. The molecule has 10 heteroatoms. The van der Waals surface area contributed by atoms with Crippen LogP contribution in [0.25, 0.3) is 5.76 Å². The molecule has 0 spiro atoms. The highest BCUT2D eigenvalue weighted by molar-refractivity contribution is 7.97. The Kier molecular flexibility index (Phi) is 4.12. The molecule has 134 valence electrons. The van der Waals surface area contributed by atoms with E-state index in [2.05, 4.69) is 5.32 Å². The van der Waals surface area contributed by atoms with E-state index >= 15 is 0 Å². The molecule has 0 saturated heterocycles. The van der Waals surface area contributed by atoms with Crippen LogP contribution in [-0.2, 0) is 14.8 Å². The number of sulfonamides is 1. The van der Waals surface area contributed by atoms with Gasteiger partial charge in [-0.25, -0.2) is 8.42 Å². The third kappa shape index (κ3) is 2.75. The highest BCUT2D eigenvalue weighted by Gasteiger charge is 2.39. The van der Waals surface area contributed by atoms with E-state index in [1.54, 1.807) is 12.1 Å². The third-order valence-electron chi connectivity index (χ3n) is 3.85. The number of benzene rings is 2. The van der Waals surface area contributed by atoms with Crippen molar-refractivity contribution in [3.05, 3.63) is 69.1 Å². The molecule has 2 aromatic carbocycles. The molecule has 0 fully saturated rings. The fraction of sp³-hybridized carbons (Fsp3) is 0.0625. The molecule has 0 radical (unpaired) electrons. The van der Waals surface area contributed by atoms with Crippen LogP contribution in [0.4, 0.5) is 17.1 Å². The molecular weight excluding hydrogens is 362 g/mol. The first-order valence-corrected chi connectivity index (χ1v) is 8.75. The molecule has 0 bridgehead atoms. The van der Waals surface area contributed by atoms with Crippen LogP contribution >= 0.6 is 0 Å². The Balaban J connectivity index is 2.06. The number of nitro benzene ring substituents is 1. The molecule has 1 amide bonds. The smallest absolute Gasteiger partial charge is 0.273 e. The summed E-state index contributed by atoms with van der Waals surface area (Å²) in [5.74, 6) is -1.77. The second kappa shape index (κ2) is 6.15. The minimum absolute atomic E-state index is 0.0289. The van der Waals surface area contributed by atoms with Gasteiger partial charge in [-0.05, 0) is 18.2 Å². The first kappa shape index (κ1) is 17.4. The molecule has 0 aliphatic carbocycles. The van der Waals surface area contributed by atoms with Gasteiger partial charge in [0.05, 0.1) is 10.6 Å². The largest absolute Gasteiger partial charge is 0.506 e. The SMILES string of the molecule is CN1c2ccccc2C(O)=C(C(=O)Nc2cccc([N+](=O)[O-])c2)S1(=O)=O. The summed E-state index contributed by atoms with van der Waals surface area (Å²) in [7, 11) is -3.03. The van der Waals surface area contributed by atoms with Crippen LogP contribution in [0.1, 0.15) is 5.56 Å². The second-order valence-electron chi connectivity index (χ2n) is 5.43. The third-order valence-corrected chi connectivity index (χ3v) is 5.67. The minimum Gasteiger partial charge on any atom is -0.506 e. The first-order valence-electron chi connectivity index (χ1n) is 7.31. The van der Waals surface area contributed by atoms with E-state index in [4.69, 9.17) is 0 Å². The van der Waals surface area contributed by atoms with E-state index in [0.717, 1.165) is 10.4 Å². The van der Waals surface area contributed by atoms with E-state index in [0.29, 0.717) is 0 Å². The van der Waals surface area contributed by atoms with E-state index in [9.17, 15) is 28.4 Å². The molecule has 0 aromatic heterocycles. The number of hydrogen-bond acceptors (Lipinski definition) is 6. The topological polar surface area (TPSA) is 130 Å². The molecule has 9 nitrogen and oxygen atoms in total. The fourth-order valence-electron chi connectivity index (χ4n) is 2.57. The van der Waals surface area contributed by atoms with Crippen LogP contribution in [0, 0.1) is 10.1 Å². The summed E-state index contributed by atoms with van der Waals surface area (Å²) >= 11 is 0. The number of nitro groups is 1. The first-order chi connectivity index (χ1) is 12.2. The van der Waals surface area contributed by atoms with Gasteiger partial charge in [0.25, 0.3) is 21.6 Å². The summed E-state index contributed by atoms with van der Waals surface area (Å²) in [6.45, 7) is 0. The number of non-ortho nitro benzene ring substituents is 1. The highest BCUT2D eigenvalue weighted by Crippen LogP contribution is 2.37. The zero-order valence-corrected chi connectivity index (χ0v) is 14.2. The average molecular weight is 375 g/mol. The molecule has 2 aromatic rings. The summed E-state index contributed by atoms with van der Waals surface area (Å²) < 4.78 is 26.2. The van der Waals surface area contributed by atoms with E-state index in [1.807, 2.05) is 0 Å². The minimum atomic E-state index is -4.29. The molecular formula is C16H13N3O6S. The van der Waals surface area contributed by atoms with Crippen LogP contribution in [0.15, 0.2) is 53.4 Å². The average Bonchev–Trinajstić information content (AvgIpc) is 2.60. The van der Waals surface area contributed by atoms with E-state index < -0.39 is 31.5 Å². The lowest BCUT2D eigenvalue weighted by Gasteiger charge is -2.28. The number of nitrogens with zero attached hydrogens (tertiary/aromatic N) is 2. The van der Waals surface area contributed by atoms with Crippen LogP contribution in [0.2, 0.25) is 0 Å². The number of carbonyl (C=O) groups excluding carboxylic acids is 1. The van der Waals surface area contributed by atoms with Crippen molar-refractivity contribution in [2.24, 2.45) is 0 Å². The predicted octanol–water partition coefficient (Wildman–Crippen LogP) is 2.24. The number of aliphatic hydroxyl groups is 1. The van der Waals surface area contributed by atoms with Gasteiger partial charge in [0.15, 0.2) is 10.7 Å². The van der Waals surface area contributed by atoms with Gasteiger partial charge in [0.2, 0.25) is 0 Å². The number of carbonyl (C=O) groups is 1. The number of rotatable bonds is 3. The lowest BCUT2D eigenvalue weighted by atomic mass is 10.1. The van der Waals surface area contributed by atoms with Crippen molar-refractivity contribution in [1.82, 2.24) is 0 Å². The van der Waals surface area contributed by atoms with Gasteiger partial charge >= 0.3 is 0 Å². The molecule has 3 rings (SSSR count). The number of amides is 1. The number of fused-ring (bicyclic) bond motifs is 1. The van der Waals surface area contributed by atoms with Crippen molar-refractivity contribution < 1.29 is 23.2 Å². The highest BCUT2D eigenvalue weighted by atomic mass is 32.2. The van der Waals surface area contributed by atoms with Crippen molar-refractivity contribution in [3.8, 4) is 0 Å². The Morgan fingerprint density at radius 3 is 2.58 bits per heavy atom. The summed E-state index contributed by atoms with van der Waals surface area (Å²) in [5.41, 5.74) is 0.182. The molecule has 0 saturated carbocycles. The second-order valence-corrected chi connectivity index (χ2v) is 7.34. The number of hydrogen-bond donors (Lipinski definition) is 2. The summed E-state index contributed by atoms with van der Waals surface area (Å²) in [6.07, 6.45) is 0. The van der Waals surface area contributed by atoms with Gasteiger partial charge in [-0.1, -0.05) is 18.2 Å². The Bertz CT molecular complexity index is 1060. The van der Waals surface area contributed by atoms with Crippen LogP contribution in [-0.4, -0.2) is 31.4 Å².